The number of nitrogens with one attached hydrogen (secondary N) is 1. The van der Waals surface area contributed by atoms with Crippen LogP contribution in [0.15, 0.2) is 16.5 Å². The summed E-state index contributed by atoms with van der Waals surface area (Å²) in [5.41, 5.74) is 0. The van der Waals surface area contributed by atoms with Crippen molar-refractivity contribution in [1.29, 1.82) is 0 Å². The first-order chi connectivity index (χ1) is 10.1. The van der Waals surface area contributed by atoms with Crippen LogP contribution in [0.1, 0.15) is 39.2 Å². The Bertz CT molecular complexity index is 416. The third kappa shape index (κ3) is 5.13. The van der Waals surface area contributed by atoms with E-state index in [0.29, 0.717) is 12.0 Å². The Balaban J connectivity index is 1.77. The van der Waals surface area contributed by atoms with E-state index in [0.717, 1.165) is 50.8 Å². The molecule has 0 amide bonds. The molecule has 0 spiro atoms. The summed E-state index contributed by atoms with van der Waals surface area (Å²) in [6.45, 7) is 16.4. The monoisotopic (exact) mass is 293 g/mol. The van der Waals surface area contributed by atoms with E-state index in [4.69, 9.17) is 4.42 Å². The molecule has 1 N–H and O–H groups in total. The lowest BCUT2D eigenvalue weighted by Crippen LogP contribution is -2.51. The maximum atomic E-state index is 5.94. The van der Waals surface area contributed by atoms with E-state index in [1.807, 2.05) is 0 Å². The van der Waals surface area contributed by atoms with Crippen LogP contribution in [0.3, 0.4) is 0 Å². The highest BCUT2D eigenvalue weighted by molar-refractivity contribution is 5.07. The Hall–Kier alpha value is -0.840. The van der Waals surface area contributed by atoms with Gasteiger partial charge >= 0.3 is 0 Å². The van der Waals surface area contributed by atoms with Crippen LogP contribution in [-0.2, 0) is 13.1 Å². The molecule has 0 saturated carbocycles. The summed E-state index contributed by atoms with van der Waals surface area (Å²) in [5.74, 6) is 2.81. The van der Waals surface area contributed by atoms with Crippen molar-refractivity contribution in [2.45, 2.75) is 46.8 Å². The minimum absolute atomic E-state index is 0.644. The molecule has 0 aromatic carbocycles. The van der Waals surface area contributed by atoms with Crippen LogP contribution in [0.2, 0.25) is 0 Å². The highest BCUT2D eigenvalue weighted by atomic mass is 16.3. The molecule has 0 aliphatic carbocycles. The standard InChI is InChI=1S/C17H31N3O/c1-5-20-9-8-19(12-15(20)4)13-17-7-6-16(21-17)11-18-10-14(2)3/h6-7,14-15,18H,5,8-13H2,1-4H3. The van der Waals surface area contributed by atoms with Gasteiger partial charge in [-0.05, 0) is 38.1 Å². The predicted molar refractivity (Wildman–Crippen MR) is 87.2 cm³/mol. The van der Waals surface area contributed by atoms with Gasteiger partial charge in [0.2, 0.25) is 0 Å². The summed E-state index contributed by atoms with van der Waals surface area (Å²) >= 11 is 0. The van der Waals surface area contributed by atoms with Crippen molar-refractivity contribution < 1.29 is 4.42 Å². The summed E-state index contributed by atoms with van der Waals surface area (Å²) in [5, 5.41) is 3.42. The van der Waals surface area contributed by atoms with Crippen molar-refractivity contribution in [3.8, 4) is 0 Å². The van der Waals surface area contributed by atoms with Crippen LogP contribution in [0.25, 0.3) is 0 Å². The largest absolute Gasteiger partial charge is 0.463 e. The SMILES string of the molecule is CCN1CCN(Cc2ccc(CNCC(C)C)o2)CC1C. The number of rotatable bonds is 7. The van der Waals surface area contributed by atoms with Gasteiger partial charge in [-0.25, -0.2) is 0 Å². The van der Waals surface area contributed by atoms with Gasteiger partial charge in [0, 0.05) is 25.7 Å². The number of hydrogen-bond acceptors (Lipinski definition) is 4. The first-order valence-electron chi connectivity index (χ1n) is 8.33. The van der Waals surface area contributed by atoms with E-state index < -0.39 is 0 Å². The average Bonchev–Trinajstić information content (AvgIpc) is 2.86. The Kier molecular flexibility index (Phi) is 6.27. The van der Waals surface area contributed by atoms with E-state index in [1.165, 1.54) is 6.54 Å². The molecular formula is C17H31N3O. The van der Waals surface area contributed by atoms with E-state index >= 15 is 0 Å². The van der Waals surface area contributed by atoms with Crippen molar-refractivity contribution in [2.75, 3.05) is 32.7 Å². The molecule has 1 aliphatic heterocycles. The highest BCUT2D eigenvalue weighted by Crippen LogP contribution is 2.15. The molecule has 1 aliphatic rings. The summed E-state index contributed by atoms with van der Waals surface area (Å²) in [4.78, 5) is 5.04. The molecule has 4 heteroatoms. The molecule has 1 aromatic rings. The van der Waals surface area contributed by atoms with E-state index in [-0.39, 0.29) is 0 Å². The second kappa shape index (κ2) is 7.97. The Morgan fingerprint density at radius 1 is 1.29 bits per heavy atom. The Labute approximate surface area is 129 Å². The fourth-order valence-corrected chi connectivity index (χ4v) is 2.99. The van der Waals surface area contributed by atoms with Crippen LogP contribution < -0.4 is 5.32 Å². The summed E-state index contributed by atoms with van der Waals surface area (Å²) < 4.78 is 5.94. The van der Waals surface area contributed by atoms with Crippen LogP contribution >= 0.6 is 0 Å². The van der Waals surface area contributed by atoms with Gasteiger partial charge in [0.05, 0.1) is 13.1 Å². The number of likely N-dealkylation sites (N-methyl/N-ethyl adjacent to an activating group) is 1. The van der Waals surface area contributed by atoms with Crippen molar-refractivity contribution in [3.05, 3.63) is 23.7 Å². The molecule has 2 heterocycles. The van der Waals surface area contributed by atoms with Gasteiger partial charge in [0.15, 0.2) is 0 Å². The minimum Gasteiger partial charge on any atom is -0.463 e. The topological polar surface area (TPSA) is 31.6 Å². The number of piperazine rings is 1. The van der Waals surface area contributed by atoms with Gasteiger partial charge in [-0.3, -0.25) is 9.80 Å². The first-order valence-corrected chi connectivity index (χ1v) is 8.33. The third-order valence-corrected chi connectivity index (χ3v) is 4.20. The highest BCUT2D eigenvalue weighted by Gasteiger charge is 2.22. The van der Waals surface area contributed by atoms with Gasteiger partial charge in [-0.1, -0.05) is 20.8 Å². The predicted octanol–water partition coefficient (Wildman–Crippen LogP) is 2.55. The van der Waals surface area contributed by atoms with Crippen molar-refractivity contribution >= 4 is 0 Å². The molecule has 1 saturated heterocycles. The first kappa shape index (κ1) is 16.5. The third-order valence-electron chi connectivity index (χ3n) is 4.20. The lowest BCUT2D eigenvalue weighted by Gasteiger charge is -2.38. The van der Waals surface area contributed by atoms with Gasteiger partial charge in [0.25, 0.3) is 0 Å². The molecule has 0 bridgehead atoms. The Morgan fingerprint density at radius 3 is 2.71 bits per heavy atom. The minimum atomic E-state index is 0.644. The normalized spacial score (nSPS) is 21.3. The van der Waals surface area contributed by atoms with Crippen LogP contribution in [-0.4, -0.2) is 48.6 Å². The molecule has 4 nitrogen and oxygen atoms in total. The molecular weight excluding hydrogens is 262 g/mol. The molecule has 2 rings (SSSR count). The van der Waals surface area contributed by atoms with Crippen molar-refractivity contribution in [3.63, 3.8) is 0 Å². The fraction of sp³-hybridized carbons (Fsp3) is 0.765. The second-order valence-corrected chi connectivity index (χ2v) is 6.61. The summed E-state index contributed by atoms with van der Waals surface area (Å²) in [6, 6.07) is 4.88. The van der Waals surface area contributed by atoms with Crippen molar-refractivity contribution in [1.82, 2.24) is 15.1 Å². The van der Waals surface area contributed by atoms with Crippen LogP contribution in [0.4, 0.5) is 0 Å². The van der Waals surface area contributed by atoms with E-state index in [2.05, 4.69) is 54.9 Å². The molecule has 120 valence electrons. The van der Waals surface area contributed by atoms with Gasteiger partial charge in [0.1, 0.15) is 11.5 Å². The lowest BCUT2D eigenvalue weighted by atomic mass is 10.2. The Morgan fingerprint density at radius 2 is 2.05 bits per heavy atom. The maximum Gasteiger partial charge on any atom is 0.118 e. The number of hydrogen-bond donors (Lipinski definition) is 1. The van der Waals surface area contributed by atoms with Gasteiger partial charge in [-0.15, -0.1) is 0 Å². The fourth-order valence-electron chi connectivity index (χ4n) is 2.99. The smallest absolute Gasteiger partial charge is 0.118 e. The van der Waals surface area contributed by atoms with Crippen LogP contribution in [0.5, 0.6) is 0 Å². The molecule has 21 heavy (non-hydrogen) atoms. The summed E-state index contributed by atoms with van der Waals surface area (Å²) in [6.07, 6.45) is 0. The van der Waals surface area contributed by atoms with Gasteiger partial charge in [-0.2, -0.15) is 0 Å². The van der Waals surface area contributed by atoms with Crippen LogP contribution in [0, 0.1) is 5.92 Å². The maximum absolute atomic E-state index is 5.94. The zero-order valence-electron chi connectivity index (χ0n) is 14.1. The zero-order valence-corrected chi connectivity index (χ0v) is 14.1. The van der Waals surface area contributed by atoms with E-state index in [9.17, 15) is 0 Å². The van der Waals surface area contributed by atoms with E-state index in [1.54, 1.807) is 0 Å². The molecule has 0 radical (unpaired) electrons. The second-order valence-electron chi connectivity index (χ2n) is 6.61. The average molecular weight is 293 g/mol. The molecule has 1 fully saturated rings. The molecule has 1 aromatic heterocycles. The number of nitrogens with zero attached hydrogens (tertiary/aromatic N) is 2. The molecule has 1 atom stereocenters. The molecule has 1 unspecified atom stereocenters. The summed E-state index contributed by atoms with van der Waals surface area (Å²) in [7, 11) is 0. The number of furan rings is 1. The van der Waals surface area contributed by atoms with Crippen molar-refractivity contribution in [2.24, 2.45) is 5.92 Å². The zero-order chi connectivity index (χ0) is 15.2. The lowest BCUT2D eigenvalue weighted by molar-refractivity contribution is 0.0786. The van der Waals surface area contributed by atoms with Gasteiger partial charge < -0.3 is 9.73 Å². The quantitative estimate of drug-likeness (QED) is 0.837.